The molecule has 0 unspecified atom stereocenters. The number of hydrogen-bond donors (Lipinski definition) is 3. The number of rotatable bonds is 9. The molecule has 1 aromatic carbocycles. The molecule has 0 bridgehead atoms. The Morgan fingerprint density at radius 2 is 2.03 bits per heavy atom. The zero-order valence-electron chi connectivity index (χ0n) is 18.6. The van der Waals surface area contributed by atoms with Crippen molar-refractivity contribution in [2.75, 3.05) is 0 Å². The molecule has 0 aliphatic heterocycles. The number of aromatic amines is 1. The van der Waals surface area contributed by atoms with Crippen LogP contribution in [0.3, 0.4) is 0 Å². The first-order valence-corrected chi connectivity index (χ1v) is 11.8. The van der Waals surface area contributed by atoms with Gasteiger partial charge in [0.1, 0.15) is 11.3 Å². The van der Waals surface area contributed by atoms with E-state index in [-0.39, 0.29) is 23.8 Å². The molecule has 0 fully saturated rings. The summed E-state index contributed by atoms with van der Waals surface area (Å²) >= 11 is 1.53. The number of unbranched alkanes of at least 4 members (excludes halogenated alkanes) is 2. The van der Waals surface area contributed by atoms with Gasteiger partial charge >= 0.3 is 0 Å². The van der Waals surface area contributed by atoms with Gasteiger partial charge in [-0.25, -0.2) is 4.98 Å². The molecule has 0 saturated heterocycles. The second-order valence-corrected chi connectivity index (χ2v) is 8.94. The number of H-pyrrole nitrogens is 1. The minimum atomic E-state index is -0.485. The van der Waals surface area contributed by atoms with Gasteiger partial charge in [-0.3, -0.25) is 4.79 Å². The molecule has 0 amide bonds. The fraction of sp³-hybridized carbons (Fsp3) is 0.333. The lowest BCUT2D eigenvalue weighted by atomic mass is 9.96. The van der Waals surface area contributed by atoms with Crippen molar-refractivity contribution in [3.63, 3.8) is 0 Å². The lowest BCUT2D eigenvalue weighted by Gasteiger charge is -2.14. The molecule has 0 aliphatic carbocycles. The van der Waals surface area contributed by atoms with E-state index in [1.807, 2.05) is 24.4 Å². The molecule has 4 aromatic rings. The van der Waals surface area contributed by atoms with Gasteiger partial charge in [-0.05, 0) is 37.0 Å². The summed E-state index contributed by atoms with van der Waals surface area (Å²) in [5.41, 5.74) is 2.80. The van der Waals surface area contributed by atoms with E-state index in [0.29, 0.717) is 41.1 Å². The summed E-state index contributed by atoms with van der Waals surface area (Å²) in [5.74, 6) is 0.0559. The average Bonchev–Trinajstić information content (AvgIpc) is 3.43. The molecule has 3 N–H and O–H groups in total. The van der Waals surface area contributed by atoms with E-state index >= 15 is 0 Å². The van der Waals surface area contributed by atoms with Crippen LogP contribution in [0, 0.1) is 6.92 Å². The van der Waals surface area contributed by atoms with Gasteiger partial charge in [0, 0.05) is 16.6 Å². The smallest absolute Gasteiger partial charge is 0.264 e. The predicted molar refractivity (Wildman–Crippen MR) is 126 cm³/mol. The van der Waals surface area contributed by atoms with Gasteiger partial charge in [0.2, 0.25) is 5.89 Å². The van der Waals surface area contributed by atoms with Crippen LogP contribution in [0.15, 0.2) is 38.9 Å². The quantitative estimate of drug-likeness (QED) is 0.313. The molecular weight excluding hydrogens is 440 g/mol. The molecule has 8 nitrogen and oxygen atoms in total. The van der Waals surface area contributed by atoms with Crippen molar-refractivity contribution in [1.29, 1.82) is 0 Å². The first-order chi connectivity index (χ1) is 16.0. The Bertz CT molecular complexity index is 1310. The molecule has 0 spiro atoms. The standard InChI is InChI=1S/C24H26N4O4S/c1-3-4-5-9-18-20(16-8-6-7-15(10-16)12-29)22(30)21(23(31)26-18)24-28-27-19(32-24)11-17-13-33-14(2)25-17/h6-8,10,13,29H,3-5,9,11-12H2,1-2H3,(H2,26,30,31). The number of pyridine rings is 1. The van der Waals surface area contributed by atoms with Crippen molar-refractivity contribution in [3.05, 3.63) is 67.8 Å². The van der Waals surface area contributed by atoms with Gasteiger partial charge in [-0.1, -0.05) is 38.0 Å². The zero-order valence-corrected chi connectivity index (χ0v) is 19.4. The van der Waals surface area contributed by atoms with Gasteiger partial charge in [-0.15, -0.1) is 21.5 Å². The monoisotopic (exact) mass is 466 g/mol. The van der Waals surface area contributed by atoms with Crippen molar-refractivity contribution in [2.45, 2.75) is 52.6 Å². The molecular formula is C24H26N4O4S. The number of nitrogens with zero attached hydrogens (tertiary/aromatic N) is 3. The highest BCUT2D eigenvalue weighted by atomic mass is 32.1. The molecule has 0 aliphatic rings. The number of benzene rings is 1. The fourth-order valence-electron chi connectivity index (χ4n) is 3.78. The van der Waals surface area contributed by atoms with Gasteiger partial charge in [-0.2, -0.15) is 0 Å². The number of aliphatic hydroxyl groups is 1. The molecule has 33 heavy (non-hydrogen) atoms. The van der Waals surface area contributed by atoms with Gasteiger partial charge < -0.3 is 19.6 Å². The number of aromatic nitrogens is 4. The topological polar surface area (TPSA) is 125 Å². The maximum atomic E-state index is 13.0. The van der Waals surface area contributed by atoms with Crippen LogP contribution in [-0.2, 0) is 19.4 Å². The van der Waals surface area contributed by atoms with Crippen molar-refractivity contribution in [3.8, 4) is 28.3 Å². The van der Waals surface area contributed by atoms with Crippen LogP contribution in [0.25, 0.3) is 22.6 Å². The van der Waals surface area contributed by atoms with Crippen molar-refractivity contribution >= 4 is 11.3 Å². The zero-order chi connectivity index (χ0) is 23.4. The van der Waals surface area contributed by atoms with Crippen LogP contribution in [0.5, 0.6) is 5.75 Å². The van der Waals surface area contributed by atoms with Crippen molar-refractivity contribution in [1.82, 2.24) is 20.2 Å². The predicted octanol–water partition coefficient (Wildman–Crippen LogP) is 4.38. The number of nitrogens with one attached hydrogen (secondary N) is 1. The third-order valence-electron chi connectivity index (χ3n) is 5.38. The summed E-state index contributed by atoms with van der Waals surface area (Å²) in [6.07, 6.45) is 3.86. The molecule has 0 atom stereocenters. The first-order valence-electron chi connectivity index (χ1n) is 10.9. The van der Waals surface area contributed by atoms with Crippen LogP contribution in [0.4, 0.5) is 0 Å². The summed E-state index contributed by atoms with van der Waals surface area (Å²) in [7, 11) is 0. The Morgan fingerprint density at radius 1 is 1.18 bits per heavy atom. The first kappa shape index (κ1) is 22.9. The molecule has 9 heteroatoms. The number of thiazole rings is 1. The summed E-state index contributed by atoms with van der Waals surface area (Å²) in [6, 6.07) is 7.24. The van der Waals surface area contributed by atoms with Gasteiger partial charge in [0.25, 0.3) is 11.4 Å². The number of aliphatic hydroxyl groups excluding tert-OH is 1. The highest BCUT2D eigenvalue weighted by molar-refractivity contribution is 7.09. The Labute approximate surface area is 195 Å². The minimum Gasteiger partial charge on any atom is -0.506 e. The molecule has 4 rings (SSSR count). The Hall–Kier alpha value is -3.30. The summed E-state index contributed by atoms with van der Waals surface area (Å²) in [5, 5.41) is 31.7. The SMILES string of the molecule is CCCCCc1[nH]c(=O)c(-c2nnc(Cc3csc(C)n3)o2)c(O)c1-c1cccc(CO)c1. The second-order valence-electron chi connectivity index (χ2n) is 7.88. The number of aromatic hydroxyl groups is 1. The van der Waals surface area contributed by atoms with E-state index in [1.54, 1.807) is 12.1 Å². The highest BCUT2D eigenvalue weighted by Crippen LogP contribution is 2.38. The third-order valence-corrected chi connectivity index (χ3v) is 6.20. The fourth-order valence-corrected chi connectivity index (χ4v) is 4.39. The van der Waals surface area contributed by atoms with E-state index in [1.165, 1.54) is 11.3 Å². The van der Waals surface area contributed by atoms with Gasteiger partial charge in [0.15, 0.2) is 0 Å². The molecule has 0 saturated carbocycles. The molecule has 3 heterocycles. The minimum absolute atomic E-state index is 0.0460. The maximum absolute atomic E-state index is 13.0. The summed E-state index contributed by atoms with van der Waals surface area (Å²) in [6.45, 7) is 3.90. The lowest BCUT2D eigenvalue weighted by Crippen LogP contribution is -2.14. The van der Waals surface area contributed by atoms with Crippen LogP contribution in [0.1, 0.15) is 54.0 Å². The Morgan fingerprint density at radius 3 is 2.76 bits per heavy atom. The van der Waals surface area contributed by atoms with Crippen LogP contribution in [0.2, 0.25) is 0 Å². The van der Waals surface area contributed by atoms with E-state index in [4.69, 9.17) is 4.42 Å². The van der Waals surface area contributed by atoms with Gasteiger partial charge in [0.05, 0.1) is 23.7 Å². The van der Waals surface area contributed by atoms with Crippen molar-refractivity contribution < 1.29 is 14.6 Å². The van der Waals surface area contributed by atoms with Crippen LogP contribution >= 0.6 is 11.3 Å². The lowest BCUT2D eigenvalue weighted by molar-refractivity contribution is 0.282. The van der Waals surface area contributed by atoms with Crippen LogP contribution < -0.4 is 5.56 Å². The summed E-state index contributed by atoms with van der Waals surface area (Å²) in [4.78, 5) is 20.3. The van der Waals surface area contributed by atoms with E-state index in [2.05, 4.69) is 27.1 Å². The van der Waals surface area contributed by atoms with Crippen molar-refractivity contribution in [2.24, 2.45) is 0 Å². The summed E-state index contributed by atoms with van der Waals surface area (Å²) < 4.78 is 5.74. The molecule has 172 valence electrons. The van der Waals surface area contributed by atoms with E-state index in [0.717, 1.165) is 30.0 Å². The number of aryl methyl sites for hydroxylation is 2. The van der Waals surface area contributed by atoms with E-state index in [9.17, 15) is 15.0 Å². The van der Waals surface area contributed by atoms with Crippen LogP contribution in [-0.4, -0.2) is 30.4 Å². The van der Waals surface area contributed by atoms with E-state index < -0.39 is 5.56 Å². The average molecular weight is 467 g/mol. The highest BCUT2D eigenvalue weighted by Gasteiger charge is 2.24. The normalized spacial score (nSPS) is 11.2. The third kappa shape index (κ3) is 5.04. The second kappa shape index (κ2) is 10.1. The molecule has 3 aromatic heterocycles. The number of hydrogen-bond acceptors (Lipinski definition) is 8. The molecule has 0 radical (unpaired) electrons. The Kier molecular flexibility index (Phi) is 7.00. The Balaban J connectivity index is 1.78. The largest absolute Gasteiger partial charge is 0.506 e. The maximum Gasteiger partial charge on any atom is 0.264 e.